The van der Waals surface area contributed by atoms with Crippen molar-refractivity contribution < 1.29 is 27.5 Å². The third kappa shape index (κ3) is 6.04. The summed E-state index contributed by atoms with van der Waals surface area (Å²) in [4.78, 5) is 21.7. The van der Waals surface area contributed by atoms with Crippen LogP contribution in [-0.4, -0.2) is 35.2 Å². The van der Waals surface area contributed by atoms with Gasteiger partial charge >= 0.3 is 7.75 Å². The van der Waals surface area contributed by atoms with E-state index in [0.717, 1.165) is 30.4 Å². The Morgan fingerprint density at radius 1 is 1.16 bits per heavy atom. The lowest BCUT2D eigenvalue weighted by molar-refractivity contribution is -0.115. The van der Waals surface area contributed by atoms with Crippen molar-refractivity contribution in [2.45, 2.75) is 52.6 Å². The lowest BCUT2D eigenvalue weighted by Gasteiger charge is -2.31. The van der Waals surface area contributed by atoms with Gasteiger partial charge in [0.05, 0.1) is 35.5 Å². The highest BCUT2D eigenvalue weighted by Gasteiger charge is 2.39. The molecule has 198 valence electrons. The predicted molar refractivity (Wildman–Crippen MR) is 141 cm³/mol. The Kier molecular flexibility index (Phi) is 8.64. The van der Waals surface area contributed by atoms with Crippen LogP contribution in [0.5, 0.6) is 5.75 Å². The summed E-state index contributed by atoms with van der Waals surface area (Å²) in [6, 6.07) is 7.51. The molecule has 1 aliphatic rings. The van der Waals surface area contributed by atoms with Gasteiger partial charge < -0.3 is 10.1 Å². The van der Waals surface area contributed by atoms with E-state index >= 15 is 0 Å². The molecule has 1 saturated carbocycles. The smallest absolute Gasteiger partial charge is 0.442 e. The molecule has 1 aliphatic carbocycles. The predicted octanol–water partition coefficient (Wildman–Crippen LogP) is 7.02. The van der Waals surface area contributed by atoms with Crippen LogP contribution >= 0.6 is 19.3 Å². The fourth-order valence-electron chi connectivity index (χ4n) is 4.28. The molecule has 37 heavy (non-hydrogen) atoms. The number of halogens is 2. The van der Waals surface area contributed by atoms with Crippen LogP contribution in [0.4, 0.5) is 21.6 Å². The summed E-state index contributed by atoms with van der Waals surface area (Å²) in [5.74, 6) is -0.385. The Balaban J connectivity index is 1.89. The molecule has 4 rings (SSSR count). The molecule has 3 aromatic rings. The second kappa shape index (κ2) is 11.7. The maximum absolute atomic E-state index is 13.8. The van der Waals surface area contributed by atoms with E-state index in [1.165, 1.54) is 31.5 Å². The molecule has 12 heteroatoms. The third-order valence-electron chi connectivity index (χ3n) is 5.85. The highest BCUT2D eigenvalue weighted by molar-refractivity contribution is 7.56. The van der Waals surface area contributed by atoms with Crippen molar-refractivity contribution in [1.82, 2.24) is 9.97 Å². The van der Waals surface area contributed by atoms with Crippen LogP contribution in [0.25, 0.3) is 10.9 Å². The van der Waals surface area contributed by atoms with Crippen LogP contribution in [0.1, 0.15) is 46.5 Å². The van der Waals surface area contributed by atoms with E-state index in [4.69, 9.17) is 25.4 Å². The molecule has 0 spiro atoms. The second-order valence-electron chi connectivity index (χ2n) is 8.47. The molecule has 2 aromatic carbocycles. The number of hydrogen-bond acceptors (Lipinski definition) is 8. The number of nitrogens with one attached hydrogen (secondary N) is 1. The lowest BCUT2D eigenvalue weighted by atomic mass is 10.1. The second-order valence-corrected chi connectivity index (χ2v) is 10.7. The fraction of sp³-hybridized carbons (Fsp3) is 0.400. The molecule has 0 unspecified atom stereocenters. The number of ether oxygens (including phenoxy) is 1. The first kappa shape index (κ1) is 27.3. The molecule has 0 atom stereocenters. The fourth-order valence-corrected chi connectivity index (χ4v) is 6.19. The maximum Gasteiger partial charge on any atom is 0.442 e. The topological polar surface area (TPSA) is 103 Å². The van der Waals surface area contributed by atoms with Gasteiger partial charge in [0.25, 0.3) is 0 Å². The number of hydrogen-bond donors (Lipinski definition) is 1. The summed E-state index contributed by atoms with van der Waals surface area (Å²) in [5.41, 5.74) is 1.23. The highest BCUT2D eigenvalue weighted by Crippen LogP contribution is 2.56. The van der Waals surface area contributed by atoms with Gasteiger partial charge in [0.1, 0.15) is 23.7 Å². The van der Waals surface area contributed by atoms with Crippen LogP contribution < -0.4 is 14.7 Å². The molecule has 1 fully saturated rings. The van der Waals surface area contributed by atoms with Gasteiger partial charge in [-0.1, -0.05) is 11.6 Å². The summed E-state index contributed by atoms with van der Waals surface area (Å²) in [7, 11) is -4.07. The van der Waals surface area contributed by atoms with Gasteiger partial charge in [0, 0.05) is 24.1 Å². The van der Waals surface area contributed by atoms with Crippen LogP contribution in [0.15, 0.2) is 36.7 Å². The highest BCUT2D eigenvalue weighted by atomic mass is 35.5. The van der Waals surface area contributed by atoms with Crippen LogP contribution in [0.2, 0.25) is 5.02 Å². The molecule has 9 nitrogen and oxygen atoms in total. The van der Waals surface area contributed by atoms with Crippen LogP contribution in [0, 0.1) is 5.82 Å². The first-order valence-corrected chi connectivity index (χ1v) is 14.0. The number of amides is 1. The molecular formula is C25H29ClFN4O5P. The number of carbonyl (C=O) groups is 1. The Labute approximate surface area is 219 Å². The minimum absolute atomic E-state index is 0.0478. The van der Waals surface area contributed by atoms with Crippen molar-refractivity contribution in [2.24, 2.45) is 0 Å². The van der Waals surface area contributed by atoms with Gasteiger partial charge in [0.2, 0.25) is 5.91 Å². The minimum atomic E-state index is -4.07. The van der Waals surface area contributed by atoms with Gasteiger partial charge in [-0.2, -0.15) is 0 Å². The van der Waals surface area contributed by atoms with Gasteiger partial charge in [-0.3, -0.25) is 13.8 Å². The molecule has 0 saturated heterocycles. The Bertz CT molecular complexity index is 1330. The standard InChI is InChI=1S/C25H29ClFN4O5P/c1-4-34-37(33,35-5-2)31(16(3)32)23-13-19-22(14-24(23)36-18-8-6-7-9-18)28-15-29-25(19)30-17-10-11-21(27)20(26)12-17/h10-15,18H,4-9H2,1-3H3,(H,28,29,30). The lowest BCUT2D eigenvalue weighted by Crippen LogP contribution is -2.28. The largest absolute Gasteiger partial charge is 0.488 e. The SMILES string of the molecule is CCOP(=O)(OCC)N(C(C)=O)c1cc2c(Nc3ccc(F)c(Cl)c3)ncnc2cc1OC1CCCC1. The monoisotopic (exact) mass is 550 g/mol. The summed E-state index contributed by atoms with van der Waals surface area (Å²) in [6.45, 7) is 4.76. The van der Waals surface area contributed by atoms with Crippen molar-refractivity contribution in [3.63, 3.8) is 0 Å². The number of fused-ring (bicyclic) bond motifs is 1. The zero-order chi connectivity index (χ0) is 26.6. The first-order valence-electron chi connectivity index (χ1n) is 12.1. The minimum Gasteiger partial charge on any atom is -0.488 e. The Hall–Kier alpha value is -2.78. The van der Waals surface area contributed by atoms with Crippen LogP contribution in [0.3, 0.4) is 0 Å². The normalized spacial score (nSPS) is 14.2. The number of benzene rings is 2. The third-order valence-corrected chi connectivity index (χ3v) is 8.30. The molecule has 0 aliphatic heterocycles. The van der Waals surface area contributed by atoms with Gasteiger partial charge in [0.15, 0.2) is 0 Å². The zero-order valence-electron chi connectivity index (χ0n) is 20.9. The van der Waals surface area contributed by atoms with Crippen molar-refractivity contribution in [3.8, 4) is 5.75 Å². The first-order chi connectivity index (χ1) is 17.8. The van der Waals surface area contributed by atoms with E-state index in [1.54, 1.807) is 26.0 Å². The van der Waals surface area contributed by atoms with Gasteiger partial charge in [-0.05, 0) is 63.8 Å². The molecule has 1 aromatic heterocycles. The van der Waals surface area contributed by atoms with E-state index in [1.807, 2.05) is 0 Å². The van der Waals surface area contributed by atoms with Crippen molar-refractivity contribution >= 4 is 53.4 Å². The average Bonchev–Trinajstić information content (AvgIpc) is 3.35. The number of nitrogens with zero attached hydrogens (tertiary/aromatic N) is 3. The molecule has 0 radical (unpaired) electrons. The number of anilines is 3. The summed E-state index contributed by atoms with van der Waals surface area (Å²) in [6.07, 6.45) is 5.14. The Morgan fingerprint density at radius 3 is 2.49 bits per heavy atom. The van der Waals surface area contributed by atoms with Gasteiger partial charge in [-0.25, -0.2) is 23.6 Å². The Morgan fingerprint density at radius 2 is 1.86 bits per heavy atom. The van der Waals surface area contributed by atoms with Gasteiger partial charge in [-0.15, -0.1) is 0 Å². The average molecular weight is 551 g/mol. The molecule has 1 N–H and O–H groups in total. The van der Waals surface area contributed by atoms with Crippen LogP contribution in [-0.2, 0) is 18.4 Å². The summed E-state index contributed by atoms with van der Waals surface area (Å²) in [5, 5.41) is 3.57. The summed E-state index contributed by atoms with van der Waals surface area (Å²) < 4.78 is 45.9. The molecule has 1 heterocycles. The van der Waals surface area contributed by atoms with Crippen molar-refractivity contribution in [1.29, 1.82) is 0 Å². The quantitative estimate of drug-likeness (QED) is 0.269. The van der Waals surface area contributed by atoms with E-state index in [9.17, 15) is 13.8 Å². The van der Waals surface area contributed by atoms with Crippen molar-refractivity contribution in [2.75, 3.05) is 23.2 Å². The van der Waals surface area contributed by atoms with E-state index in [0.29, 0.717) is 28.2 Å². The number of aromatic nitrogens is 2. The number of carbonyl (C=O) groups excluding carboxylic acids is 1. The zero-order valence-corrected chi connectivity index (χ0v) is 22.5. The molecule has 0 bridgehead atoms. The molecular weight excluding hydrogens is 522 g/mol. The van der Waals surface area contributed by atoms with E-state index in [-0.39, 0.29) is 30.0 Å². The van der Waals surface area contributed by atoms with Crippen molar-refractivity contribution in [3.05, 3.63) is 47.5 Å². The van der Waals surface area contributed by atoms with E-state index < -0.39 is 19.5 Å². The molecule has 1 amide bonds. The number of rotatable bonds is 10. The maximum atomic E-state index is 13.8. The van der Waals surface area contributed by atoms with E-state index in [2.05, 4.69) is 15.3 Å². The summed E-state index contributed by atoms with van der Waals surface area (Å²) >= 11 is 5.94.